The lowest BCUT2D eigenvalue weighted by Gasteiger charge is -1.98. The highest BCUT2D eigenvalue weighted by atomic mass is 35.5. The average molecular weight is 249 g/mol. The minimum absolute atomic E-state index is 0.220. The van der Waals surface area contributed by atoms with Gasteiger partial charge in [-0.25, -0.2) is 9.97 Å². The molecule has 0 fully saturated rings. The van der Waals surface area contributed by atoms with Crippen molar-refractivity contribution in [1.82, 2.24) is 9.97 Å². The van der Waals surface area contributed by atoms with E-state index in [9.17, 15) is 0 Å². The zero-order valence-electron chi connectivity index (χ0n) is 8.71. The third-order valence-electron chi connectivity index (χ3n) is 1.92. The average Bonchev–Trinajstić information content (AvgIpc) is 2.32. The number of phenols is 1. The molecule has 0 spiro atoms. The molecule has 2 aromatic rings. The van der Waals surface area contributed by atoms with Crippen molar-refractivity contribution in [1.29, 1.82) is 0 Å². The lowest BCUT2D eigenvalue weighted by atomic mass is 10.2. The second kappa shape index (κ2) is 5.27. The summed E-state index contributed by atoms with van der Waals surface area (Å²) in [7, 11) is 0. The van der Waals surface area contributed by atoms with Crippen LogP contribution in [0.3, 0.4) is 0 Å². The molecule has 0 bridgehead atoms. The number of nitrogens with zero attached hydrogens (tertiary/aromatic N) is 3. The van der Waals surface area contributed by atoms with Crippen LogP contribution in [0.1, 0.15) is 5.56 Å². The molecule has 0 atom stereocenters. The van der Waals surface area contributed by atoms with Crippen LogP contribution in [0, 0.1) is 0 Å². The van der Waals surface area contributed by atoms with E-state index in [0.29, 0.717) is 11.0 Å². The van der Waals surface area contributed by atoms with E-state index in [2.05, 4.69) is 20.5 Å². The van der Waals surface area contributed by atoms with E-state index in [1.165, 1.54) is 6.33 Å². The van der Waals surface area contributed by atoms with Gasteiger partial charge in [-0.05, 0) is 29.8 Å². The molecule has 0 aliphatic heterocycles. The van der Waals surface area contributed by atoms with Gasteiger partial charge < -0.3 is 5.11 Å². The van der Waals surface area contributed by atoms with Crippen LogP contribution in [0.15, 0.2) is 41.8 Å². The number of rotatable bonds is 3. The lowest BCUT2D eigenvalue weighted by molar-refractivity contribution is 0.475. The minimum Gasteiger partial charge on any atom is -0.508 e. The normalized spacial score (nSPS) is 10.6. The van der Waals surface area contributed by atoms with Gasteiger partial charge >= 0.3 is 0 Å². The number of nitrogens with one attached hydrogen (secondary N) is 1. The molecule has 0 saturated heterocycles. The fourth-order valence-corrected chi connectivity index (χ4v) is 1.28. The lowest BCUT2D eigenvalue weighted by Crippen LogP contribution is -1.93. The summed E-state index contributed by atoms with van der Waals surface area (Å²) in [5.74, 6) is 0.734. The molecule has 86 valence electrons. The predicted molar refractivity (Wildman–Crippen MR) is 66.4 cm³/mol. The number of hydrogen-bond donors (Lipinski definition) is 2. The van der Waals surface area contributed by atoms with Crippen LogP contribution >= 0.6 is 11.6 Å². The van der Waals surface area contributed by atoms with E-state index in [1.54, 1.807) is 36.5 Å². The zero-order valence-corrected chi connectivity index (χ0v) is 9.46. The summed E-state index contributed by atoms with van der Waals surface area (Å²) in [4.78, 5) is 7.67. The number of hydrazone groups is 1. The maximum absolute atomic E-state index is 9.10. The van der Waals surface area contributed by atoms with Crippen molar-refractivity contribution in [2.75, 3.05) is 5.43 Å². The van der Waals surface area contributed by atoms with Gasteiger partial charge in [-0.2, -0.15) is 5.10 Å². The Labute approximate surface area is 103 Å². The first-order valence-electron chi connectivity index (χ1n) is 4.80. The van der Waals surface area contributed by atoms with Crippen LogP contribution < -0.4 is 5.43 Å². The first-order valence-corrected chi connectivity index (χ1v) is 5.17. The van der Waals surface area contributed by atoms with Crippen LogP contribution in [0.2, 0.25) is 5.15 Å². The Kier molecular flexibility index (Phi) is 3.52. The molecule has 0 unspecified atom stereocenters. The van der Waals surface area contributed by atoms with Gasteiger partial charge in [-0.1, -0.05) is 11.6 Å². The van der Waals surface area contributed by atoms with Gasteiger partial charge in [0.25, 0.3) is 0 Å². The second-order valence-electron chi connectivity index (χ2n) is 3.19. The summed E-state index contributed by atoms with van der Waals surface area (Å²) in [6.07, 6.45) is 2.95. The largest absolute Gasteiger partial charge is 0.508 e. The Morgan fingerprint density at radius 2 is 2.00 bits per heavy atom. The summed E-state index contributed by atoms with van der Waals surface area (Å²) in [5.41, 5.74) is 3.58. The molecule has 0 aliphatic carbocycles. The van der Waals surface area contributed by atoms with Crippen LogP contribution in [0.4, 0.5) is 5.82 Å². The Morgan fingerprint density at radius 3 is 2.71 bits per heavy atom. The van der Waals surface area contributed by atoms with Crippen molar-refractivity contribution >= 4 is 23.6 Å². The molecular weight excluding hydrogens is 240 g/mol. The highest BCUT2D eigenvalue weighted by Crippen LogP contribution is 2.09. The molecule has 5 nitrogen and oxygen atoms in total. The maximum Gasteiger partial charge on any atom is 0.151 e. The van der Waals surface area contributed by atoms with E-state index in [0.717, 1.165) is 5.56 Å². The van der Waals surface area contributed by atoms with E-state index < -0.39 is 0 Å². The van der Waals surface area contributed by atoms with Gasteiger partial charge in [0.05, 0.1) is 6.21 Å². The summed E-state index contributed by atoms with van der Waals surface area (Å²) in [5, 5.41) is 13.4. The van der Waals surface area contributed by atoms with E-state index in [1.807, 2.05) is 0 Å². The number of halogens is 1. The molecule has 2 rings (SSSR count). The van der Waals surface area contributed by atoms with E-state index in [4.69, 9.17) is 16.7 Å². The Morgan fingerprint density at radius 1 is 1.24 bits per heavy atom. The van der Waals surface area contributed by atoms with Crippen molar-refractivity contribution in [3.63, 3.8) is 0 Å². The minimum atomic E-state index is 0.220. The van der Waals surface area contributed by atoms with Crippen LogP contribution in [-0.4, -0.2) is 21.3 Å². The van der Waals surface area contributed by atoms with Crippen molar-refractivity contribution in [2.24, 2.45) is 5.10 Å². The number of aromatic nitrogens is 2. The topological polar surface area (TPSA) is 70.4 Å². The monoisotopic (exact) mass is 248 g/mol. The van der Waals surface area contributed by atoms with E-state index in [-0.39, 0.29) is 5.75 Å². The molecule has 0 saturated carbocycles. The Balaban J connectivity index is 2.00. The summed E-state index contributed by atoms with van der Waals surface area (Å²) in [6, 6.07) is 8.22. The van der Waals surface area contributed by atoms with Crippen LogP contribution in [0.5, 0.6) is 5.75 Å². The van der Waals surface area contributed by atoms with Gasteiger partial charge in [0.1, 0.15) is 17.2 Å². The molecular formula is C11H9ClN4O. The highest BCUT2D eigenvalue weighted by Gasteiger charge is 1.93. The molecule has 1 aromatic heterocycles. The van der Waals surface area contributed by atoms with Gasteiger partial charge in [-0.3, -0.25) is 5.43 Å². The molecule has 1 heterocycles. The number of anilines is 1. The number of aromatic hydroxyl groups is 1. The Hall–Kier alpha value is -2.14. The standard InChI is InChI=1S/C11H9ClN4O/c12-10-5-11(14-7-13-10)16-15-6-8-1-3-9(17)4-2-8/h1-7,17H,(H,13,14,16). The third kappa shape index (κ3) is 3.42. The van der Waals surface area contributed by atoms with Crippen molar-refractivity contribution < 1.29 is 5.11 Å². The number of hydrogen-bond acceptors (Lipinski definition) is 5. The zero-order chi connectivity index (χ0) is 12.1. The van der Waals surface area contributed by atoms with Crippen LogP contribution in [-0.2, 0) is 0 Å². The maximum atomic E-state index is 9.10. The van der Waals surface area contributed by atoms with Gasteiger partial charge in [0, 0.05) is 6.07 Å². The van der Waals surface area contributed by atoms with Gasteiger partial charge in [0.2, 0.25) is 0 Å². The molecule has 2 N–H and O–H groups in total. The predicted octanol–water partition coefficient (Wildman–Crippen LogP) is 2.28. The fraction of sp³-hybridized carbons (Fsp3) is 0. The number of benzene rings is 1. The summed E-state index contributed by atoms with van der Waals surface area (Å²) in [6.45, 7) is 0. The van der Waals surface area contributed by atoms with E-state index >= 15 is 0 Å². The number of phenolic OH excluding ortho intramolecular Hbond substituents is 1. The smallest absolute Gasteiger partial charge is 0.151 e. The molecule has 0 aliphatic rings. The molecule has 6 heteroatoms. The molecule has 0 radical (unpaired) electrons. The SMILES string of the molecule is Oc1ccc(C=NNc2cc(Cl)ncn2)cc1. The molecule has 1 aromatic carbocycles. The fourth-order valence-electron chi connectivity index (χ4n) is 1.13. The Bertz CT molecular complexity index is 527. The van der Waals surface area contributed by atoms with Crippen molar-refractivity contribution in [3.8, 4) is 5.75 Å². The first kappa shape index (κ1) is 11.3. The molecule has 17 heavy (non-hydrogen) atoms. The molecule has 0 amide bonds. The van der Waals surface area contributed by atoms with Gasteiger partial charge in [0.15, 0.2) is 5.82 Å². The van der Waals surface area contributed by atoms with Gasteiger partial charge in [-0.15, -0.1) is 0 Å². The van der Waals surface area contributed by atoms with Crippen molar-refractivity contribution in [2.45, 2.75) is 0 Å². The summed E-state index contributed by atoms with van der Waals surface area (Å²) >= 11 is 5.69. The quantitative estimate of drug-likeness (QED) is 0.497. The van der Waals surface area contributed by atoms with Crippen molar-refractivity contribution in [3.05, 3.63) is 47.4 Å². The second-order valence-corrected chi connectivity index (χ2v) is 3.57. The first-order chi connectivity index (χ1) is 8.24. The third-order valence-corrected chi connectivity index (χ3v) is 2.13. The highest BCUT2D eigenvalue weighted by molar-refractivity contribution is 6.29. The van der Waals surface area contributed by atoms with Crippen LogP contribution in [0.25, 0.3) is 0 Å². The summed E-state index contributed by atoms with van der Waals surface area (Å²) < 4.78 is 0.